The lowest BCUT2D eigenvalue weighted by molar-refractivity contribution is 0.673. The third-order valence-corrected chi connectivity index (χ3v) is 13.8. The van der Waals surface area contributed by atoms with Gasteiger partial charge in [0.15, 0.2) is 17.5 Å². The Morgan fingerprint density at radius 3 is 1.82 bits per heavy atom. The normalized spacial score (nSPS) is 13.0. The maximum Gasteiger partial charge on any atom is 0.164 e. The highest BCUT2D eigenvalue weighted by Gasteiger charge is 2.25. The number of fused-ring (bicyclic) bond motifs is 12. The second-order valence-electron chi connectivity index (χ2n) is 17.8. The minimum atomic E-state index is 0.620. The number of nitrogens with zero attached hydrogens (tertiary/aromatic N) is 5. The Bertz CT molecular complexity index is 4150. The number of furan rings is 1. The van der Waals surface area contributed by atoms with Crippen molar-refractivity contribution >= 4 is 76.3 Å². The van der Waals surface area contributed by atoms with Crippen LogP contribution in [0.2, 0.25) is 0 Å². The molecule has 6 heteroatoms. The van der Waals surface area contributed by atoms with Gasteiger partial charge in [0.05, 0.1) is 16.4 Å². The molecule has 0 radical (unpaired) electrons. The minimum Gasteiger partial charge on any atom is -0.455 e. The molecule has 0 atom stereocenters. The number of rotatable bonds is 7. The second kappa shape index (κ2) is 15.4. The topological polar surface area (TPSA) is 61.7 Å². The SMILES string of the molecule is C1=CC(Cn2c3ccccc3c3cc(-n4c5c(-c6ccc(-c7nc(-c8ccccc8)nc(-c8ccccc8)n7)cc6)cc6c7ccccc7oc6c5c5ccc6ccccc6c54)ccc32)=CCC1. The van der Waals surface area contributed by atoms with Gasteiger partial charge in [0, 0.05) is 77.8 Å². The molecule has 13 aromatic rings. The van der Waals surface area contributed by atoms with Crippen molar-refractivity contribution in [2.24, 2.45) is 0 Å². The smallest absolute Gasteiger partial charge is 0.164 e. The summed E-state index contributed by atoms with van der Waals surface area (Å²) in [5, 5.41) is 9.26. The van der Waals surface area contributed by atoms with Crippen LogP contribution in [-0.4, -0.2) is 24.1 Å². The van der Waals surface area contributed by atoms with E-state index in [1.807, 2.05) is 60.7 Å². The summed E-state index contributed by atoms with van der Waals surface area (Å²) in [5.74, 6) is 1.89. The molecule has 1 aliphatic rings. The van der Waals surface area contributed by atoms with Gasteiger partial charge in [-0.3, -0.25) is 0 Å². The van der Waals surface area contributed by atoms with E-state index >= 15 is 0 Å². The summed E-state index contributed by atoms with van der Waals surface area (Å²) in [7, 11) is 0. The summed E-state index contributed by atoms with van der Waals surface area (Å²) >= 11 is 0. The third kappa shape index (κ3) is 6.07. The number of hydrogen-bond donors (Lipinski definition) is 0. The van der Waals surface area contributed by atoms with Crippen LogP contribution in [0.1, 0.15) is 12.8 Å². The molecular formula is C62H41N5O. The van der Waals surface area contributed by atoms with Crippen molar-refractivity contribution in [3.8, 4) is 51.0 Å². The van der Waals surface area contributed by atoms with E-state index in [0.29, 0.717) is 17.5 Å². The van der Waals surface area contributed by atoms with Crippen LogP contribution in [0, 0.1) is 0 Å². The van der Waals surface area contributed by atoms with Gasteiger partial charge in [-0.15, -0.1) is 0 Å². The number of benzene rings is 9. The summed E-state index contributed by atoms with van der Waals surface area (Å²) in [4.78, 5) is 15.1. The molecule has 320 valence electrons. The number of para-hydroxylation sites is 2. The van der Waals surface area contributed by atoms with Crippen molar-refractivity contribution in [2.45, 2.75) is 19.4 Å². The summed E-state index contributed by atoms with van der Waals surface area (Å²) in [5.41, 5.74) is 13.9. The Balaban J connectivity index is 1.03. The molecule has 14 rings (SSSR count). The van der Waals surface area contributed by atoms with Crippen LogP contribution < -0.4 is 0 Å². The second-order valence-corrected chi connectivity index (χ2v) is 17.8. The van der Waals surface area contributed by atoms with Gasteiger partial charge in [0.25, 0.3) is 0 Å². The van der Waals surface area contributed by atoms with E-state index in [1.54, 1.807) is 0 Å². The first-order valence-electron chi connectivity index (χ1n) is 23.4. The van der Waals surface area contributed by atoms with Gasteiger partial charge in [-0.25, -0.2) is 15.0 Å². The highest BCUT2D eigenvalue weighted by molar-refractivity contribution is 6.30. The standard InChI is InChI=1S/C62H41N5O/c1-4-16-39(17-5-1)38-66-53-26-14-12-24-47(53)51-36-45(33-35-54(51)66)67-57-46-23-11-10-18-40(46)32-34-49(57)56-58(67)50(37-52-48-25-13-15-27-55(48)68-59(52)56)41-28-30-44(31-29-41)62-64-60(42-19-6-2-7-20-42)63-61(65-62)43-21-8-3-9-22-43/h2-4,6-37H,1,5,38H2. The molecule has 9 aromatic carbocycles. The Hall–Kier alpha value is -8.87. The van der Waals surface area contributed by atoms with Gasteiger partial charge in [0.2, 0.25) is 0 Å². The Morgan fingerprint density at radius 2 is 1.09 bits per heavy atom. The summed E-state index contributed by atoms with van der Waals surface area (Å²) in [6.07, 6.45) is 9.17. The van der Waals surface area contributed by atoms with Gasteiger partial charge >= 0.3 is 0 Å². The lowest BCUT2D eigenvalue weighted by atomic mass is 9.97. The number of hydrogen-bond acceptors (Lipinski definition) is 4. The van der Waals surface area contributed by atoms with Crippen LogP contribution in [0.15, 0.2) is 222 Å². The van der Waals surface area contributed by atoms with Crippen LogP contribution in [0.5, 0.6) is 0 Å². The van der Waals surface area contributed by atoms with Crippen LogP contribution in [0.3, 0.4) is 0 Å². The molecule has 68 heavy (non-hydrogen) atoms. The molecule has 0 saturated heterocycles. The zero-order valence-electron chi connectivity index (χ0n) is 37.0. The molecule has 0 fully saturated rings. The Morgan fingerprint density at radius 1 is 0.456 bits per heavy atom. The van der Waals surface area contributed by atoms with Crippen molar-refractivity contribution in [1.29, 1.82) is 0 Å². The molecule has 0 unspecified atom stereocenters. The zero-order chi connectivity index (χ0) is 44.7. The molecule has 0 amide bonds. The van der Waals surface area contributed by atoms with Crippen molar-refractivity contribution in [2.75, 3.05) is 0 Å². The van der Waals surface area contributed by atoms with Crippen LogP contribution >= 0.6 is 0 Å². The predicted octanol–water partition coefficient (Wildman–Crippen LogP) is 16.1. The van der Waals surface area contributed by atoms with E-state index in [1.165, 1.54) is 38.2 Å². The third-order valence-electron chi connectivity index (χ3n) is 13.8. The van der Waals surface area contributed by atoms with Gasteiger partial charge in [-0.2, -0.15) is 0 Å². The molecule has 4 heterocycles. The maximum absolute atomic E-state index is 6.95. The van der Waals surface area contributed by atoms with Crippen LogP contribution in [-0.2, 0) is 6.54 Å². The first-order chi connectivity index (χ1) is 33.7. The molecule has 0 bridgehead atoms. The van der Waals surface area contributed by atoms with Gasteiger partial charge < -0.3 is 13.6 Å². The Labute approximate surface area is 391 Å². The molecule has 0 aliphatic heterocycles. The van der Waals surface area contributed by atoms with E-state index in [4.69, 9.17) is 19.4 Å². The fourth-order valence-electron chi connectivity index (χ4n) is 10.7. The fourth-order valence-corrected chi connectivity index (χ4v) is 10.7. The number of allylic oxidation sites excluding steroid dienone is 4. The fraction of sp³-hybridized carbons (Fsp3) is 0.0484. The highest BCUT2D eigenvalue weighted by atomic mass is 16.3. The average Bonchev–Trinajstić information content (AvgIpc) is 4.07. The molecule has 0 N–H and O–H groups in total. The molecule has 4 aromatic heterocycles. The van der Waals surface area contributed by atoms with E-state index in [0.717, 1.165) is 96.6 Å². The van der Waals surface area contributed by atoms with E-state index < -0.39 is 0 Å². The van der Waals surface area contributed by atoms with E-state index in [9.17, 15) is 0 Å². The minimum absolute atomic E-state index is 0.620. The van der Waals surface area contributed by atoms with Crippen molar-refractivity contribution in [1.82, 2.24) is 24.1 Å². The molecule has 1 aliphatic carbocycles. The lowest BCUT2D eigenvalue weighted by Gasteiger charge is -2.15. The van der Waals surface area contributed by atoms with E-state index in [-0.39, 0.29) is 0 Å². The average molecular weight is 872 g/mol. The molecule has 0 spiro atoms. The lowest BCUT2D eigenvalue weighted by Crippen LogP contribution is -2.01. The largest absolute Gasteiger partial charge is 0.455 e. The van der Waals surface area contributed by atoms with Gasteiger partial charge in [-0.05, 0) is 65.8 Å². The summed E-state index contributed by atoms with van der Waals surface area (Å²) in [6.45, 7) is 0.829. The molecular weight excluding hydrogens is 831 g/mol. The zero-order valence-corrected chi connectivity index (χ0v) is 37.0. The van der Waals surface area contributed by atoms with Gasteiger partial charge in [-0.1, -0.05) is 176 Å². The van der Waals surface area contributed by atoms with Crippen molar-refractivity contribution < 1.29 is 4.42 Å². The van der Waals surface area contributed by atoms with E-state index in [2.05, 4.69) is 161 Å². The first kappa shape index (κ1) is 38.4. The molecule has 0 saturated carbocycles. The highest BCUT2D eigenvalue weighted by Crippen LogP contribution is 2.47. The van der Waals surface area contributed by atoms with Gasteiger partial charge in [0.1, 0.15) is 11.2 Å². The quantitative estimate of drug-likeness (QED) is 0.160. The van der Waals surface area contributed by atoms with Crippen LogP contribution in [0.4, 0.5) is 0 Å². The van der Waals surface area contributed by atoms with Crippen LogP contribution in [0.25, 0.3) is 127 Å². The van der Waals surface area contributed by atoms with Crippen molar-refractivity contribution in [3.63, 3.8) is 0 Å². The summed E-state index contributed by atoms with van der Waals surface area (Å²) in [6, 6.07) is 69.0. The summed E-state index contributed by atoms with van der Waals surface area (Å²) < 4.78 is 11.9. The monoisotopic (exact) mass is 871 g/mol. The Kier molecular flexibility index (Phi) is 8.68. The maximum atomic E-state index is 6.95. The van der Waals surface area contributed by atoms with Crippen molar-refractivity contribution in [3.05, 3.63) is 218 Å². The predicted molar refractivity (Wildman–Crippen MR) is 280 cm³/mol. The molecule has 6 nitrogen and oxygen atoms in total. The first-order valence-corrected chi connectivity index (χ1v) is 23.4. The number of aromatic nitrogens is 5.